The minimum Gasteiger partial charge on any atom is -0.340 e. The summed E-state index contributed by atoms with van der Waals surface area (Å²) in [4.78, 5) is 23.2. The van der Waals surface area contributed by atoms with Crippen LogP contribution in [0.1, 0.15) is 42.3 Å². The standard InChI is InChI=1S/C29H29N3O/c1-21-8-5-6-11-25(21)23-16-13-22(14-17-23)15-18-28(33)32-19-7-12-27(32)29-30-20-26(31-29)24-9-3-2-4-10-24/h2-6,8-11,13-14,16-17,20,27H,7,12,15,18-19H2,1H3,(H,30,31)/t27-/m0/s1. The molecule has 3 aromatic carbocycles. The van der Waals surface area contributed by atoms with Crippen molar-refractivity contribution in [1.29, 1.82) is 0 Å². The van der Waals surface area contributed by atoms with Crippen LogP contribution < -0.4 is 0 Å². The van der Waals surface area contributed by atoms with Gasteiger partial charge in [-0.3, -0.25) is 4.79 Å². The molecule has 4 heteroatoms. The van der Waals surface area contributed by atoms with E-state index in [1.54, 1.807) is 0 Å². The second kappa shape index (κ2) is 9.45. The van der Waals surface area contributed by atoms with Crippen LogP contribution in [0.3, 0.4) is 0 Å². The Morgan fingerprint density at radius 2 is 1.73 bits per heavy atom. The molecule has 0 aliphatic carbocycles. The summed E-state index contributed by atoms with van der Waals surface area (Å²) in [5.41, 5.74) is 7.05. The van der Waals surface area contributed by atoms with Crippen LogP contribution in [0.5, 0.6) is 0 Å². The van der Waals surface area contributed by atoms with E-state index in [1.807, 2.05) is 29.3 Å². The van der Waals surface area contributed by atoms with Crippen LogP contribution in [-0.2, 0) is 11.2 Å². The number of rotatable bonds is 6. The van der Waals surface area contributed by atoms with Gasteiger partial charge in [-0.1, -0.05) is 78.9 Å². The van der Waals surface area contributed by atoms with Crippen LogP contribution in [0.25, 0.3) is 22.4 Å². The summed E-state index contributed by atoms with van der Waals surface area (Å²) in [7, 11) is 0. The Bertz CT molecular complexity index is 1230. The Hall–Kier alpha value is -3.66. The van der Waals surface area contributed by atoms with E-state index in [4.69, 9.17) is 0 Å². The van der Waals surface area contributed by atoms with E-state index >= 15 is 0 Å². The monoisotopic (exact) mass is 435 g/mol. The number of carbonyl (C=O) groups is 1. The normalized spacial score (nSPS) is 15.7. The van der Waals surface area contributed by atoms with E-state index < -0.39 is 0 Å². The lowest BCUT2D eigenvalue weighted by atomic mass is 9.98. The van der Waals surface area contributed by atoms with Crippen LogP contribution in [0.4, 0.5) is 0 Å². The first-order valence-corrected chi connectivity index (χ1v) is 11.7. The van der Waals surface area contributed by atoms with Gasteiger partial charge in [0.05, 0.1) is 17.9 Å². The molecule has 1 atom stereocenters. The third kappa shape index (κ3) is 4.61. The minimum absolute atomic E-state index is 0.0402. The second-order valence-electron chi connectivity index (χ2n) is 8.81. The molecule has 1 amide bonds. The third-order valence-electron chi connectivity index (χ3n) is 6.61. The molecule has 1 N–H and O–H groups in total. The lowest BCUT2D eigenvalue weighted by Crippen LogP contribution is -2.31. The molecule has 0 saturated carbocycles. The number of likely N-dealkylation sites (tertiary alicyclic amines) is 1. The van der Waals surface area contributed by atoms with Gasteiger partial charge in [0.2, 0.25) is 5.91 Å². The van der Waals surface area contributed by atoms with Crippen LogP contribution in [0.2, 0.25) is 0 Å². The molecule has 1 saturated heterocycles. The van der Waals surface area contributed by atoms with Gasteiger partial charge in [0.1, 0.15) is 5.82 Å². The molecule has 4 nitrogen and oxygen atoms in total. The van der Waals surface area contributed by atoms with Crippen molar-refractivity contribution in [2.75, 3.05) is 6.54 Å². The molecule has 5 rings (SSSR count). The maximum atomic E-state index is 13.1. The Morgan fingerprint density at radius 1 is 0.970 bits per heavy atom. The topological polar surface area (TPSA) is 49.0 Å². The average Bonchev–Trinajstić information content (AvgIpc) is 3.54. The molecule has 1 aliphatic heterocycles. The molecule has 166 valence electrons. The van der Waals surface area contributed by atoms with Gasteiger partial charge in [0.25, 0.3) is 0 Å². The minimum atomic E-state index is 0.0402. The molecule has 0 radical (unpaired) electrons. The van der Waals surface area contributed by atoms with Crippen molar-refractivity contribution >= 4 is 5.91 Å². The van der Waals surface area contributed by atoms with E-state index in [0.29, 0.717) is 6.42 Å². The van der Waals surface area contributed by atoms with Crippen molar-refractivity contribution in [3.8, 4) is 22.4 Å². The number of H-pyrrole nitrogens is 1. The van der Waals surface area contributed by atoms with Gasteiger partial charge in [-0.05, 0) is 54.0 Å². The maximum absolute atomic E-state index is 13.1. The molecule has 33 heavy (non-hydrogen) atoms. The van der Waals surface area contributed by atoms with Gasteiger partial charge >= 0.3 is 0 Å². The van der Waals surface area contributed by atoms with Crippen molar-refractivity contribution in [3.63, 3.8) is 0 Å². The summed E-state index contributed by atoms with van der Waals surface area (Å²) >= 11 is 0. The van der Waals surface area contributed by atoms with Gasteiger partial charge in [0, 0.05) is 13.0 Å². The first kappa shape index (κ1) is 21.2. The quantitative estimate of drug-likeness (QED) is 0.384. The second-order valence-corrected chi connectivity index (χ2v) is 8.81. The van der Waals surface area contributed by atoms with Gasteiger partial charge < -0.3 is 9.88 Å². The van der Waals surface area contributed by atoms with Crippen molar-refractivity contribution in [2.45, 2.75) is 38.6 Å². The predicted octanol–water partition coefficient (Wildman–Crippen LogP) is 6.35. The highest BCUT2D eigenvalue weighted by atomic mass is 16.2. The molecule has 2 heterocycles. The molecule has 1 aromatic heterocycles. The highest BCUT2D eigenvalue weighted by Crippen LogP contribution is 2.32. The summed E-state index contributed by atoms with van der Waals surface area (Å²) in [6, 6.07) is 27.3. The van der Waals surface area contributed by atoms with Crippen LogP contribution >= 0.6 is 0 Å². The molecule has 0 unspecified atom stereocenters. The van der Waals surface area contributed by atoms with Crippen LogP contribution in [-0.4, -0.2) is 27.3 Å². The molecule has 1 aliphatic rings. The maximum Gasteiger partial charge on any atom is 0.223 e. The number of hydrogen-bond donors (Lipinski definition) is 1. The molecular weight excluding hydrogens is 406 g/mol. The number of imidazole rings is 1. The predicted molar refractivity (Wildman–Crippen MR) is 133 cm³/mol. The third-order valence-corrected chi connectivity index (χ3v) is 6.61. The number of carbonyl (C=O) groups excluding carboxylic acids is 1. The molecule has 0 bridgehead atoms. The van der Waals surface area contributed by atoms with Crippen LogP contribution in [0, 0.1) is 6.92 Å². The van der Waals surface area contributed by atoms with Gasteiger partial charge in [-0.25, -0.2) is 4.98 Å². The van der Waals surface area contributed by atoms with Crippen LogP contribution in [0.15, 0.2) is 85.1 Å². The molecular formula is C29H29N3O. The first-order valence-electron chi connectivity index (χ1n) is 11.7. The summed E-state index contributed by atoms with van der Waals surface area (Å²) in [5.74, 6) is 1.10. The smallest absolute Gasteiger partial charge is 0.223 e. The zero-order valence-electron chi connectivity index (χ0n) is 19.0. The largest absolute Gasteiger partial charge is 0.340 e. The summed E-state index contributed by atoms with van der Waals surface area (Å²) in [5, 5.41) is 0. The Labute approximate surface area is 195 Å². The zero-order chi connectivity index (χ0) is 22.6. The summed E-state index contributed by atoms with van der Waals surface area (Å²) < 4.78 is 0. The SMILES string of the molecule is Cc1ccccc1-c1ccc(CCC(=O)N2CCC[C@H]2c2ncc(-c3ccccc3)[nH]2)cc1. The number of hydrogen-bond acceptors (Lipinski definition) is 2. The van der Waals surface area contributed by atoms with Gasteiger partial charge in [-0.2, -0.15) is 0 Å². The molecule has 1 fully saturated rings. The number of amides is 1. The number of nitrogens with zero attached hydrogens (tertiary/aromatic N) is 2. The number of aryl methyl sites for hydroxylation is 2. The Balaban J connectivity index is 1.23. The summed E-state index contributed by atoms with van der Waals surface area (Å²) in [6.45, 7) is 2.94. The summed E-state index contributed by atoms with van der Waals surface area (Å²) in [6.07, 6.45) is 5.12. The van der Waals surface area contributed by atoms with Crippen molar-refractivity contribution < 1.29 is 4.79 Å². The Kier molecular flexibility index (Phi) is 6.07. The highest BCUT2D eigenvalue weighted by Gasteiger charge is 2.31. The van der Waals surface area contributed by atoms with Crippen molar-refractivity contribution in [1.82, 2.24) is 14.9 Å². The molecule has 4 aromatic rings. The number of aromatic amines is 1. The fourth-order valence-electron chi connectivity index (χ4n) is 4.76. The van der Waals surface area contributed by atoms with E-state index in [-0.39, 0.29) is 11.9 Å². The fourth-order valence-corrected chi connectivity index (χ4v) is 4.76. The van der Waals surface area contributed by atoms with E-state index in [1.165, 1.54) is 22.3 Å². The van der Waals surface area contributed by atoms with E-state index in [2.05, 4.69) is 77.6 Å². The fraction of sp³-hybridized carbons (Fsp3) is 0.241. The molecule has 0 spiro atoms. The van der Waals surface area contributed by atoms with Gasteiger partial charge in [0.15, 0.2) is 0 Å². The first-order chi connectivity index (χ1) is 16.2. The average molecular weight is 436 g/mol. The Morgan fingerprint density at radius 3 is 2.52 bits per heavy atom. The van der Waals surface area contributed by atoms with Gasteiger partial charge in [-0.15, -0.1) is 0 Å². The van der Waals surface area contributed by atoms with Crippen molar-refractivity contribution in [3.05, 3.63) is 102 Å². The lowest BCUT2D eigenvalue weighted by Gasteiger charge is -2.23. The lowest BCUT2D eigenvalue weighted by molar-refractivity contribution is -0.132. The zero-order valence-corrected chi connectivity index (χ0v) is 19.0. The number of aromatic nitrogens is 2. The number of nitrogens with one attached hydrogen (secondary N) is 1. The van der Waals surface area contributed by atoms with E-state index in [9.17, 15) is 4.79 Å². The van der Waals surface area contributed by atoms with E-state index in [0.717, 1.165) is 42.9 Å². The van der Waals surface area contributed by atoms with Crippen molar-refractivity contribution in [2.24, 2.45) is 0 Å². The number of benzene rings is 3. The highest BCUT2D eigenvalue weighted by molar-refractivity contribution is 5.77.